The molecule has 0 saturated heterocycles. The van der Waals surface area contributed by atoms with E-state index in [-0.39, 0.29) is 5.91 Å². The monoisotopic (exact) mass is 318 g/mol. The zero-order valence-corrected chi connectivity index (χ0v) is 12.7. The van der Waals surface area contributed by atoms with Crippen LogP contribution in [0, 0.1) is 11.6 Å². The fraction of sp³-hybridized carbons (Fsp3) is 0.176. The summed E-state index contributed by atoms with van der Waals surface area (Å²) in [7, 11) is 1.44. The van der Waals surface area contributed by atoms with Crippen molar-refractivity contribution in [3.05, 3.63) is 70.8 Å². The number of amides is 1. The second-order valence-corrected chi connectivity index (χ2v) is 4.91. The quantitative estimate of drug-likeness (QED) is 0.678. The highest BCUT2D eigenvalue weighted by Crippen LogP contribution is 2.16. The summed E-state index contributed by atoms with van der Waals surface area (Å²) in [6, 6.07) is 9.83. The second-order valence-electron chi connectivity index (χ2n) is 4.91. The first-order valence-corrected chi connectivity index (χ1v) is 6.93. The van der Waals surface area contributed by atoms with Crippen LogP contribution < -0.4 is 5.32 Å². The molecule has 0 aromatic heterocycles. The fourth-order valence-corrected chi connectivity index (χ4v) is 1.98. The van der Waals surface area contributed by atoms with Crippen LogP contribution in [0.1, 0.15) is 34.5 Å². The maximum atomic E-state index is 13.2. The minimum atomic E-state index is -0.939. The number of halogens is 2. The van der Waals surface area contributed by atoms with Crippen molar-refractivity contribution in [2.24, 2.45) is 5.16 Å². The summed E-state index contributed by atoms with van der Waals surface area (Å²) >= 11 is 0. The molecule has 1 atom stereocenters. The summed E-state index contributed by atoms with van der Waals surface area (Å²) in [6.45, 7) is 1.70. The SMILES string of the molecule is CO/N=C/c1ccc(C(=O)NC(C)c2ccc(F)c(F)c2)cc1. The third-order valence-electron chi connectivity index (χ3n) is 3.27. The van der Waals surface area contributed by atoms with Crippen LogP contribution in [0.15, 0.2) is 47.6 Å². The van der Waals surface area contributed by atoms with Crippen LogP contribution in [-0.4, -0.2) is 19.2 Å². The highest BCUT2D eigenvalue weighted by Gasteiger charge is 2.13. The predicted molar refractivity (Wildman–Crippen MR) is 83.3 cm³/mol. The van der Waals surface area contributed by atoms with Gasteiger partial charge in [-0.25, -0.2) is 8.78 Å². The number of carbonyl (C=O) groups excluding carboxylic acids is 1. The Hall–Kier alpha value is -2.76. The number of nitrogens with zero attached hydrogens (tertiary/aromatic N) is 1. The molecule has 0 aliphatic heterocycles. The lowest BCUT2D eigenvalue weighted by Crippen LogP contribution is -2.26. The molecule has 6 heteroatoms. The van der Waals surface area contributed by atoms with Crippen LogP contribution in [0.2, 0.25) is 0 Å². The molecule has 0 bridgehead atoms. The van der Waals surface area contributed by atoms with Gasteiger partial charge in [0, 0.05) is 5.56 Å². The van der Waals surface area contributed by atoms with Crippen LogP contribution in [0.3, 0.4) is 0 Å². The van der Waals surface area contributed by atoms with E-state index < -0.39 is 17.7 Å². The van der Waals surface area contributed by atoms with Crippen molar-refractivity contribution in [3.63, 3.8) is 0 Å². The van der Waals surface area contributed by atoms with E-state index in [0.29, 0.717) is 11.1 Å². The molecule has 0 aliphatic rings. The number of oxime groups is 1. The highest BCUT2D eigenvalue weighted by atomic mass is 19.2. The standard InChI is InChI=1S/C17H16F2N2O2/c1-11(14-7-8-15(18)16(19)9-14)21-17(22)13-5-3-12(4-6-13)10-20-23-2/h3-11H,1-2H3,(H,21,22)/b20-10+. The summed E-state index contributed by atoms with van der Waals surface area (Å²) in [5.74, 6) is -2.16. The molecule has 4 nitrogen and oxygen atoms in total. The molecule has 2 aromatic rings. The van der Waals surface area contributed by atoms with E-state index in [2.05, 4.69) is 15.3 Å². The number of benzene rings is 2. The Morgan fingerprint density at radius 3 is 2.48 bits per heavy atom. The number of hydrogen-bond donors (Lipinski definition) is 1. The zero-order chi connectivity index (χ0) is 16.8. The van der Waals surface area contributed by atoms with Gasteiger partial charge in [-0.1, -0.05) is 23.4 Å². The van der Waals surface area contributed by atoms with E-state index in [9.17, 15) is 13.6 Å². The van der Waals surface area contributed by atoms with Gasteiger partial charge in [0.2, 0.25) is 0 Å². The third kappa shape index (κ3) is 4.35. The molecule has 1 N–H and O–H groups in total. The molecule has 0 saturated carbocycles. The molecule has 0 spiro atoms. The number of hydrogen-bond acceptors (Lipinski definition) is 3. The predicted octanol–water partition coefficient (Wildman–Crippen LogP) is 3.44. The molecule has 0 fully saturated rings. The largest absolute Gasteiger partial charge is 0.399 e. The number of carbonyl (C=O) groups is 1. The second kappa shape index (κ2) is 7.49. The smallest absolute Gasteiger partial charge is 0.251 e. The average Bonchev–Trinajstić information content (AvgIpc) is 2.55. The summed E-state index contributed by atoms with van der Waals surface area (Å²) in [5.41, 5.74) is 1.73. The normalized spacial score (nSPS) is 12.2. The molecular formula is C17H16F2N2O2. The van der Waals surface area contributed by atoms with E-state index >= 15 is 0 Å². The van der Waals surface area contributed by atoms with E-state index in [0.717, 1.165) is 17.7 Å². The molecule has 2 rings (SSSR count). The van der Waals surface area contributed by atoms with Gasteiger partial charge in [-0.3, -0.25) is 4.79 Å². The molecule has 0 heterocycles. The Bertz CT molecular complexity index is 715. The Labute approximate surface area is 132 Å². The van der Waals surface area contributed by atoms with Crippen LogP contribution in [0.5, 0.6) is 0 Å². The van der Waals surface area contributed by atoms with E-state index in [1.165, 1.54) is 19.4 Å². The molecule has 0 radical (unpaired) electrons. The first kappa shape index (κ1) is 16.6. The maximum absolute atomic E-state index is 13.2. The lowest BCUT2D eigenvalue weighted by molar-refractivity contribution is 0.0940. The van der Waals surface area contributed by atoms with E-state index in [4.69, 9.17) is 0 Å². The van der Waals surface area contributed by atoms with Crippen molar-refractivity contribution in [2.75, 3.05) is 7.11 Å². The lowest BCUT2D eigenvalue weighted by atomic mass is 10.1. The Balaban J connectivity index is 2.05. The van der Waals surface area contributed by atoms with Crippen molar-refractivity contribution in [3.8, 4) is 0 Å². The first-order chi connectivity index (χ1) is 11.0. The molecular weight excluding hydrogens is 302 g/mol. The van der Waals surface area contributed by atoms with Gasteiger partial charge in [0.15, 0.2) is 11.6 Å². The zero-order valence-electron chi connectivity index (χ0n) is 12.7. The minimum absolute atomic E-state index is 0.308. The molecule has 0 aliphatic carbocycles. The van der Waals surface area contributed by atoms with Gasteiger partial charge >= 0.3 is 0 Å². The van der Waals surface area contributed by atoms with Crippen molar-refractivity contribution in [2.45, 2.75) is 13.0 Å². The van der Waals surface area contributed by atoms with Gasteiger partial charge in [0.25, 0.3) is 5.91 Å². The summed E-state index contributed by atoms with van der Waals surface area (Å²) < 4.78 is 26.2. The van der Waals surface area contributed by atoms with Crippen molar-refractivity contribution in [1.82, 2.24) is 5.32 Å². The van der Waals surface area contributed by atoms with Crippen LogP contribution in [-0.2, 0) is 4.84 Å². The summed E-state index contributed by atoms with van der Waals surface area (Å²) in [5, 5.41) is 6.36. The Morgan fingerprint density at radius 1 is 1.17 bits per heavy atom. The van der Waals surface area contributed by atoms with Gasteiger partial charge in [0.1, 0.15) is 7.11 Å². The van der Waals surface area contributed by atoms with Crippen LogP contribution in [0.4, 0.5) is 8.78 Å². The summed E-state index contributed by atoms with van der Waals surface area (Å²) in [4.78, 5) is 16.7. The van der Waals surface area contributed by atoms with Gasteiger partial charge in [-0.05, 0) is 42.3 Å². The van der Waals surface area contributed by atoms with E-state index in [1.54, 1.807) is 31.2 Å². The first-order valence-electron chi connectivity index (χ1n) is 6.93. The van der Waals surface area contributed by atoms with Crippen LogP contribution in [0.25, 0.3) is 0 Å². The van der Waals surface area contributed by atoms with Gasteiger partial charge in [-0.15, -0.1) is 0 Å². The van der Waals surface area contributed by atoms with Gasteiger partial charge in [0.05, 0.1) is 12.3 Å². The lowest BCUT2D eigenvalue weighted by Gasteiger charge is -2.14. The topological polar surface area (TPSA) is 50.7 Å². The Morgan fingerprint density at radius 2 is 1.87 bits per heavy atom. The Kier molecular flexibility index (Phi) is 5.41. The molecule has 1 amide bonds. The maximum Gasteiger partial charge on any atom is 0.251 e. The van der Waals surface area contributed by atoms with Crippen molar-refractivity contribution in [1.29, 1.82) is 0 Å². The highest BCUT2D eigenvalue weighted by molar-refractivity contribution is 5.95. The molecule has 2 aromatic carbocycles. The van der Waals surface area contributed by atoms with Gasteiger partial charge < -0.3 is 10.2 Å². The fourth-order valence-electron chi connectivity index (χ4n) is 1.98. The number of nitrogens with one attached hydrogen (secondary N) is 1. The molecule has 1 unspecified atom stereocenters. The third-order valence-corrected chi connectivity index (χ3v) is 3.27. The molecule has 120 valence electrons. The van der Waals surface area contributed by atoms with Crippen LogP contribution >= 0.6 is 0 Å². The molecule has 23 heavy (non-hydrogen) atoms. The van der Waals surface area contributed by atoms with Crippen molar-refractivity contribution < 1.29 is 18.4 Å². The van der Waals surface area contributed by atoms with E-state index in [1.807, 2.05) is 0 Å². The average molecular weight is 318 g/mol. The number of rotatable bonds is 5. The van der Waals surface area contributed by atoms with Gasteiger partial charge in [-0.2, -0.15) is 0 Å². The van der Waals surface area contributed by atoms with Crippen molar-refractivity contribution >= 4 is 12.1 Å². The summed E-state index contributed by atoms with van der Waals surface area (Å²) in [6.07, 6.45) is 1.52. The minimum Gasteiger partial charge on any atom is -0.399 e.